The Morgan fingerprint density at radius 3 is 2.44 bits per heavy atom. The standard InChI is InChI=1S/C12H20N2O3S/c1-9(7-12(2,3)18(13,15)16)10-5-6-11(17-4)14-8-10/h5-6,8-9H,7H2,1-4H3,(H2,13,15,16)/t9-/m0/s1. The minimum absolute atomic E-state index is 0.0525. The van der Waals surface area contributed by atoms with Gasteiger partial charge in [-0.2, -0.15) is 0 Å². The molecule has 1 atom stereocenters. The molecule has 18 heavy (non-hydrogen) atoms. The zero-order chi connectivity index (χ0) is 14.0. The summed E-state index contributed by atoms with van der Waals surface area (Å²) in [4.78, 5) is 4.11. The van der Waals surface area contributed by atoms with Crippen molar-refractivity contribution in [2.24, 2.45) is 5.14 Å². The predicted octanol–water partition coefficient (Wildman–Crippen LogP) is 1.65. The number of sulfonamides is 1. The largest absolute Gasteiger partial charge is 0.481 e. The molecule has 6 heteroatoms. The molecule has 5 nitrogen and oxygen atoms in total. The molecule has 0 radical (unpaired) electrons. The van der Waals surface area contributed by atoms with Crippen molar-refractivity contribution >= 4 is 10.0 Å². The first-order valence-electron chi connectivity index (χ1n) is 5.69. The fourth-order valence-electron chi connectivity index (χ4n) is 1.78. The molecular formula is C12H20N2O3S. The van der Waals surface area contributed by atoms with Gasteiger partial charge in [0.05, 0.1) is 11.9 Å². The van der Waals surface area contributed by atoms with Gasteiger partial charge in [0.15, 0.2) is 0 Å². The zero-order valence-electron chi connectivity index (χ0n) is 11.2. The highest BCUT2D eigenvalue weighted by molar-refractivity contribution is 7.90. The molecule has 102 valence electrons. The molecule has 0 aromatic carbocycles. The maximum atomic E-state index is 11.5. The summed E-state index contributed by atoms with van der Waals surface area (Å²) in [5, 5.41) is 5.22. The first-order valence-corrected chi connectivity index (χ1v) is 7.24. The summed E-state index contributed by atoms with van der Waals surface area (Å²) in [6.45, 7) is 5.22. The van der Waals surface area contributed by atoms with Crippen LogP contribution in [0.15, 0.2) is 18.3 Å². The Labute approximate surface area is 108 Å². The van der Waals surface area contributed by atoms with Crippen molar-refractivity contribution in [1.29, 1.82) is 0 Å². The topological polar surface area (TPSA) is 82.3 Å². The third-order valence-electron chi connectivity index (χ3n) is 3.11. The lowest BCUT2D eigenvalue weighted by Crippen LogP contribution is -2.38. The molecule has 0 saturated carbocycles. The molecule has 0 aliphatic carbocycles. The molecule has 0 aliphatic heterocycles. The predicted molar refractivity (Wildman–Crippen MR) is 71.0 cm³/mol. The lowest BCUT2D eigenvalue weighted by atomic mass is 9.92. The molecule has 0 bridgehead atoms. The van der Waals surface area contributed by atoms with E-state index >= 15 is 0 Å². The molecule has 0 aliphatic rings. The van der Waals surface area contributed by atoms with Gasteiger partial charge in [-0.05, 0) is 31.7 Å². The second-order valence-electron chi connectivity index (χ2n) is 5.04. The zero-order valence-corrected chi connectivity index (χ0v) is 12.0. The van der Waals surface area contributed by atoms with Gasteiger partial charge in [-0.1, -0.05) is 13.0 Å². The van der Waals surface area contributed by atoms with E-state index in [0.29, 0.717) is 12.3 Å². The van der Waals surface area contributed by atoms with E-state index in [1.54, 1.807) is 33.2 Å². The maximum Gasteiger partial charge on any atom is 0.214 e. The van der Waals surface area contributed by atoms with E-state index < -0.39 is 14.8 Å². The van der Waals surface area contributed by atoms with Crippen LogP contribution in [0.25, 0.3) is 0 Å². The van der Waals surface area contributed by atoms with Gasteiger partial charge in [-0.25, -0.2) is 18.5 Å². The first kappa shape index (κ1) is 14.9. The number of hydrogen-bond donors (Lipinski definition) is 1. The summed E-state index contributed by atoms with van der Waals surface area (Å²) in [6, 6.07) is 3.64. The van der Waals surface area contributed by atoms with Crippen LogP contribution >= 0.6 is 0 Å². The summed E-state index contributed by atoms with van der Waals surface area (Å²) in [5.74, 6) is 0.591. The second kappa shape index (κ2) is 5.24. The fraction of sp³-hybridized carbons (Fsp3) is 0.583. The lowest BCUT2D eigenvalue weighted by molar-refractivity contribution is 0.397. The van der Waals surface area contributed by atoms with Crippen LogP contribution < -0.4 is 9.88 Å². The van der Waals surface area contributed by atoms with Crippen molar-refractivity contribution in [3.8, 4) is 5.88 Å². The number of nitrogens with two attached hydrogens (primary N) is 1. The molecule has 2 N–H and O–H groups in total. The smallest absolute Gasteiger partial charge is 0.214 e. The van der Waals surface area contributed by atoms with Gasteiger partial charge in [-0.15, -0.1) is 0 Å². The average Bonchev–Trinajstić information content (AvgIpc) is 2.27. The lowest BCUT2D eigenvalue weighted by Gasteiger charge is -2.25. The quantitative estimate of drug-likeness (QED) is 0.883. The summed E-state index contributed by atoms with van der Waals surface area (Å²) < 4.78 is 26.9. The van der Waals surface area contributed by atoms with Crippen LogP contribution in [0.5, 0.6) is 5.88 Å². The van der Waals surface area contributed by atoms with Crippen molar-refractivity contribution in [2.45, 2.75) is 37.9 Å². The van der Waals surface area contributed by atoms with E-state index in [9.17, 15) is 8.42 Å². The summed E-state index contributed by atoms with van der Waals surface area (Å²) in [5.41, 5.74) is 0.965. The van der Waals surface area contributed by atoms with Gasteiger partial charge >= 0.3 is 0 Å². The summed E-state index contributed by atoms with van der Waals surface area (Å²) >= 11 is 0. The summed E-state index contributed by atoms with van der Waals surface area (Å²) in [7, 11) is -2.01. The van der Waals surface area contributed by atoms with Gasteiger partial charge in [0.1, 0.15) is 0 Å². The minimum Gasteiger partial charge on any atom is -0.481 e. The molecule has 0 fully saturated rings. The van der Waals surface area contributed by atoms with E-state index in [-0.39, 0.29) is 5.92 Å². The van der Waals surface area contributed by atoms with Crippen molar-refractivity contribution in [1.82, 2.24) is 4.98 Å². The molecule has 0 saturated heterocycles. The number of methoxy groups -OCH3 is 1. The van der Waals surface area contributed by atoms with E-state index in [4.69, 9.17) is 9.88 Å². The minimum atomic E-state index is -3.56. The SMILES string of the molecule is COc1ccc([C@@H](C)CC(C)(C)S(N)(=O)=O)cn1. The number of nitrogens with zero attached hydrogens (tertiary/aromatic N) is 1. The van der Waals surface area contributed by atoms with Crippen LogP contribution in [0, 0.1) is 0 Å². The van der Waals surface area contributed by atoms with Gasteiger partial charge in [0.25, 0.3) is 0 Å². The fourth-order valence-corrected chi connectivity index (χ4v) is 2.26. The van der Waals surface area contributed by atoms with Crippen molar-refractivity contribution < 1.29 is 13.2 Å². The molecule has 1 rings (SSSR count). The molecule has 0 unspecified atom stereocenters. The van der Waals surface area contributed by atoms with E-state index in [1.807, 2.05) is 13.0 Å². The van der Waals surface area contributed by atoms with Crippen LogP contribution in [0.3, 0.4) is 0 Å². The van der Waals surface area contributed by atoms with E-state index in [1.165, 1.54) is 0 Å². The van der Waals surface area contributed by atoms with Crippen molar-refractivity contribution in [2.75, 3.05) is 7.11 Å². The molecular weight excluding hydrogens is 252 g/mol. The Kier molecular flexibility index (Phi) is 4.34. The van der Waals surface area contributed by atoms with Crippen LogP contribution in [0.2, 0.25) is 0 Å². The van der Waals surface area contributed by atoms with Gasteiger partial charge in [0, 0.05) is 12.3 Å². The summed E-state index contributed by atoms with van der Waals surface area (Å²) in [6.07, 6.45) is 2.14. The normalized spacial score (nSPS) is 14.3. The highest BCUT2D eigenvalue weighted by Crippen LogP contribution is 2.29. The molecule has 0 amide bonds. The Hall–Kier alpha value is -1.14. The van der Waals surface area contributed by atoms with Gasteiger partial charge < -0.3 is 4.74 Å². The third-order valence-corrected chi connectivity index (χ3v) is 4.81. The Balaban J connectivity index is 2.85. The number of aromatic nitrogens is 1. The number of pyridine rings is 1. The molecule has 1 aromatic heterocycles. The monoisotopic (exact) mass is 272 g/mol. The van der Waals surface area contributed by atoms with Crippen molar-refractivity contribution in [3.05, 3.63) is 23.9 Å². The number of rotatable bonds is 5. The van der Waals surface area contributed by atoms with E-state index in [0.717, 1.165) is 5.56 Å². The maximum absolute atomic E-state index is 11.5. The van der Waals surface area contributed by atoms with Crippen LogP contribution in [-0.4, -0.2) is 25.3 Å². The average molecular weight is 272 g/mol. The van der Waals surface area contributed by atoms with E-state index in [2.05, 4.69) is 4.98 Å². The number of ether oxygens (including phenoxy) is 1. The first-order chi connectivity index (χ1) is 8.17. The highest BCUT2D eigenvalue weighted by atomic mass is 32.2. The second-order valence-corrected chi connectivity index (χ2v) is 7.24. The Bertz CT molecular complexity index is 495. The van der Waals surface area contributed by atoms with Crippen molar-refractivity contribution in [3.63, 3.8) is 0 Å². The Morgan fingerprint density at radius 2 is 2.06 bits per heavy atom. The third kappa shape index (κ3) is 3.43. The Morgan fingerprint density at radius 1 is 1.44 bits per heavy atom. The highest BCUT2D eigenvalue weighted by Gasteiger charge is 2.33. The van der Waals surface area contributed by atoms with Crippen LogP contribution in [0.1, 0.15) is 38.7 Å². The number of primary sulfonamides is 1. The van der Waals surface area contributed by atoms with Gasteiger partial charge in [0.2, 0.25) is 15.9 Å². The van der Waals surface area contributed by atoms with Crippen LogP contribution in [0.4, 0.5) is 0 Å². The van der Waals surface area contributed by atoms with Gasteiger partial charge in [-0.3, -0.25) is 0 Å². The molecule has 1 aromatic rings. The van der Waals surface area contributed by atoms with Crippen LogP contribution in [-0.2, 0) is 10.0 Å². The number of hydrogen-bond acceptors (Lipinski definition) is 4. The molecule has 1 heterocycles. The molecule has 0 spiro atoms.